The highest BCUT2D eigenvalue weighted by atomic mass is 16.5. The van der Waals surface area contributed by atoms with Crippen LogP contribution in [0.3, 0.4) is 0 Å². The summed E-state index contributed by atoms with van der Waals surface area (Å²) in [4.78, 5) is 21.5. The number of aromatic nitrogens is 1. The molecule has 0 atom stereocenters. The number of aryl methyl sites for hydroxylation is 1. The lowest BCUT2D eigenvalue weighted by Gasteiger charge is -2.17. The summed E-state index contributed by atoms with van der Waals surface area (Å²) in [5.74, 6) is -0.131. The van der Waals surface area contributed by atoms with Crippen LogP contribution in [-0.4, -0.2) is 23.0 Å². The number of carbonyl (C=O) groups is 1. The van der Waals surface area contributed by atoms with Gasteiger partial charge in [-0.15, -0.1) is 0 Å². The molecule has 0 aliphatic heterocycles. The summed E-state index contributed by atoms with van der Waals surface area (Å²) in [6.07, 6.45) is 4.50. The molecule has 4 rings (SSSR count). The molecular formula is C23H24N4O2. The molecule has 6 nitrogen and oxygen atoms in total. The Balaban J connectivity index is 1.92. The molecular weight excluding hydrogens is 364 g/mol. The van der Waals surface area contributed by atoms with Crippen LogP contribution in [-0.2, 0) is 0 Å². The molecule has 0 spiro atoms. The molecule has 4 N–H and O–H groups in total. The number of rotatable bonds is 4. The number of nitrogens with zero attached hydrogens (tertiary/aromatic N) is 2. The largest absolute Gasteiger partial charge is 0.490 e. The highest BCUT2D eigenvalue weighted by molar-refractivity contribution is 6.12. The topological polar surface area (TPSA) is 104 Å². The Morgan fingerprint density at radius 2 is 1.86 bits per heavy atom. The van der Waals surface area contributed by atoms with Crippen molar-refractivity contribution in [3.63, 3.8) is 0 Å². The number of pyridine rings is 1. The van der Waals surface area contributed by atoms with Crippen molar-refractivity contribution >= 4 is 22.8 Å². The van der Waals surface area contributed by atoms with E-state index in [-0.39, 0.29) is 12.1 Å². The van der Waals surface area contributed by atoms with Crippen LogP contribution in [0.2, 0.25) is 0 Å². The van der Waals surface area contributed by atoms with Crippen LogP contribution in [0.1, 0.15) is 41.6 Å². The van der Waals surface area contributed by atoms with Crippen LogP contribution >= 0.6 is 0 Å². The molecule has 1 heterocycles. The molecule has 3 aromatic rings. The maximum Gasteiger partial charge on any atom is 0.281 e. The van der Waals surface area contributed by atoms with Crippen LogP contribution in [0.25, 0.3) is 22.2 Å². The van der Waals surface area contributed by atoms with Crippen molar-refractivity contribution in [3.8, 4) is 17.0 Å². The lowest BCUT2D eigenvalue weighted by atomic mass is 10.00. The smallest absolute Gasteiger partial charge is 0.281 e. The summed E-state index contributed by atoms with van der Waals surface area (Å²) in [5.41, 5.74) is 14.7. The number of benzene rings is 2. The summed E-state index contributed by atoms with van der Waals surface area (Å²) in [6, 6.07) is 15.3. The number of nitrogens with two attached hydrogens (primary N) is 2. The van der Waals surface area contributed by atoms with Gasteiger partial charge in [-0.1, -0.05) is 30.3 Å². The van der Waals surface area contributed by atoms with Gasteiger partial charge < -0.3 is 16.2 Å². The predicted molar refractivity (Wildman–Crippen MR) is 115 cm³/mol. The van der Waals surface area contributed by atoms with Crippen molar-refractivity contribution in [2.24, 2.45) is 16.5 Å². The molecule has 0 saturated heterocycles. The van der Waals surface area contributed by atoms with Gasteiger partial charge in [0.2, 0.25) is 0 Å². The third kappa shape index (κ3) is 3.92. The zero-order valence-corrected chi connectivity index (χ0v) is 16.4. The second-order valence-corrected chi connectivity index (χ2v) is 7.39. The maximum atomic E-state index is 12.9. The van der Waals surface area contributed by atoms with E-state index < -0.39 is 5.91 Å². The average molecular weight is 388 g/mol. The van der Waals surface area contributed by atoms with Crippen molar-refractivity contribution in [3.05, 3.63) is 59.7 Å². The molecule has 0 unspecified atom stereocenters. The number of amides is 1. The Labute approximate surface area is 169 Å². The first-order valence-electron chi connectivity index (χ1n) is 9.83. The second kappa shape index (κ2) is 7.91. The fourth-order valence-electron chi connectivity index (χ4n) is 3.88. The Bertz CT molecular complexity index is 1100. The zero-order chi connectivity index (χ0) is 20.4. The molecule has 0 bridgehead atoms. The molecule has 1 fully saturated rings. The Hall–Kier alpha value is -3.41. The van der Waals surface area contributed by atoms with E-state index in [4.69, 9.17) is 21.2 Å². The Kier molecular flexibility index (Phi) is 5.16. The third-order valence-corrected chi connectivity index (χ3v) is 5.27. The minimum atomic E-state index is -0.505. The first-order chi connectivity index (χ1) is 14.0. The molecule has 6 heteroatoms. The number of hydrogen-bond acceptors (Lipinski definition) is 3. The summed E-state index contributed by atoms with van der Waals surface area (Å²) in [6.45, 7) is 2.01. The van der Waals surface area contributed by atoms with Crippen molar-refractivity contribution in [1.29, 1.82) is 0 Å². The van der Waals surface area contributed by atoms with Crippen molar-refractivity contribution in [2.75, 3.05) is 0 Å². The van der Waals surface area contributed by atoms with E-state index in [0.717, 1.165) is 36.8 Å². The number of guanidine groups is 1. The van der Waals surface area contributed by atoms with E-state index in [1.165, 1.54) is 0 Å². The molecule has 29 heavy (non-hydrogen) atoms. The molecule has 148 valence electrons. The van der Waals surface area contributed by atoms with Gasteiger partial charge >= 0.3 is 0 Å². The fourth-order valence-corrected chi connectivity index (χ4v) is 3.88. The average Bonchev–Trinajstić information content (AvgIpc) is 3.20. The highest BCUT2D eigenvalue weighted by Crippen LogP contribution is 2.35. The molecule has 0 radical (unpaired) electrons. The number of carbonyl (C=O) groups excluding carboxylic acids is 1. The first-order valence-corrected chi connectivity index (χ1v) is 9.83. The van der Waals surface area contributed by atoms with Crippen LogP contribution < -0.4 is 16.2 Å². The van der Waals surface area contributed by atoms with E-state index in [2.05, 4.69) is 4.99 Å². The van der Waals surface area contributed by atoms with E-state index >= 15 is 0 Å². The van der Waals surface area contributed by atoms with Gasteiger partial charge in [-0.05, 0) is 56.4 Å². The zero-order valence-electron chi connectivity index (χ0n) is 16.4. The monoisotopic (exact) mass is 388 g/mol. The van der Waals surface area contributed by atoms with Gasteiger partial charge in [0.05, 0.1) is 28.3 Å². The first kappa shape index (κ1) is 18.9. The summed E-state index contributed by atoms with van der Waals surface area (Å²) in [7, 11) is 0. The van der Waals surface area contributed by atoms with Crippen molar-refractivity contribution < 1.29 is 9.53 Å². The van der Waals surface area contributed by atoms with Crippen LogP contribution in [0.15, 0.2) is 53.5 Å². The molecule has 1 aliphatic rings. The normalized spacial score (nSPS) is 14.1. The van der Waals surface area contributed by atoms with Gasteiger partial charge in [0.15, 0.2) is 5.96 Å². The summed E-state index contributed by atoms with van der Waals surface area (Å²) < 4.78 is 6.25. The molecule has 1 amide bonds. The van der Waals surface area contributed by atoms with Crippen molar-refractivity contribution in [2.45, 2.75) is 38.7 Å². The highest BCUT2D eigenvalue weighted by Gasteiger charge is 2.22. The van der Waals surface area contributed by atoms with Gasteiger partial charge in [0.25, 0.3) is 5.91 Å². The van der Waals surface area contributed by atoms with Gasteiger partial charge in [-0.25, -0.2) is 4.98 Å². The quantitative estimate of drug-likeness (QED) is 0.520. The third-order valence-electron chi connectivity index (χ3n) is 5.27. The van der Waals surface area contributed by atoms with E-state index in [9.17, 15) is 4.79 Å². The molecule has 1 aliphatic carbocycles. The fraction of sp³-hybridized carbons (Fsp3) is 0.261. The number of hydrogen-bond donors (Lipinski definition) is 2. The molecule has 1 saturated carbocycles. The minimum Gasteiger partial charge on any atom is -0.490 e. The van der Waals surface area contributed by atoms with Crippen LogP contribution in [0, 0.1) is 6.92 Å². The maximum absolute atomic E-state index is 12.9. The van der Waals surface area contributed by atoms with E-state index in [0.29, 0.717) is 27.9 Å². The van der Waals surface area contributed by atoms with E-state index in [1.807, 2.05) is 49.4 Å². The minimum absolute atomic E-state index is 0.155. The molecule has 1 aromatic heterocycles. The van der Waals surface area contributed by atoms with Crippen molar-refractivity contribution in [1.82, 2.24) is 4.98 Å². The van der Waals surface area contributed by atoms with Crippen LogP contribution in [0.5, 0.6) is 5.75 Å². The predicted octanol–water partition coefficient (Wildman–Crippen LogP) is 3.95. The lowest BCUT2D eigenvalue weighted by molar-refractivity contribution is 0.100. The Morgan fingerprint density at radius 3 is 2.59 bits per heavy atom. The second-order valence-electron chi connectivity index (χ2n) is 7.39. The SMILES string of the molecule is Cc1ccccc1-c1cc(C(=O)N=C(N)N)c2c(OC3CCCC3)cccc2n1. The van der Waals surface area contributed by atoms with Gasteiger partial charge in [0, 0.05) is 5.56 Å². The molecule has 2 aromatic carbocycles. The van der Waals surface area contributed by atoms with E-state index in [1.54, 1.807) is 6.07 Å². The van der Waals surface area contributed by atoms with Crippen LogP contribution in [0.4, 0.5) is 0 Å². The van der Waals surface area contributed by atoms with Gasteiger partial charge in [0.1, 0.15) is 5.75 Å². The summed E-state index contributed by atoms with van der Waals surface area (Å²) in [5, 5.41) is 0.645. The standard InChI is InChI=1S/C23H24N4O2/c1-14-7-2-5-10-16(14)19-13-17(22(28)27-23(24)25)21-18(26-19)11-6-12-20(21)29-15-8-3-4-9-15/h2,5-7,10-13,15H,3-4,8-9H2,1H3,(H4,24,25,27,28). The number of ether oxygens (including phenoxy) is 1. The van der Waals surface area contributed by atoms with Gasteiger partial charge in [-0.3, -0.25) is 4.79 Å². The number of fused-ring (bicyclic) bond motifs is 1. The summed E-state index contributed by atoms with van der Waals surface area (Å²) >= 11 is 0. The Morgan fingerprint density at radius 1 is 1.10 bits per heavy atom. The van der Waals surface area contributed by atoms with Gasteiger partial charge in [-0.2, -0.15) is 4.99 Å². The number of aliphatic imine (C=N–C) groups is 1. The lowest BCUT2D eigenvalue weighted by Crippen LogP contribution is -2.24.